The third-order valence-corrected chi connectivity index (χ3v) is 24.3. The molecule has 3 amide bonds. The minimum Gasteiger partial charge on any atom is -0.394 e. The predicted molar refractivity (Wildman–Crippen MR) is 425 cm³/mol. The van der Waals surface area contributed by atoms with E-state index in [0.717, 1.165) is 101 Å². The van der Waals surface area contributed by atoms with E-state index in [0.29, 0.717) is 32.2 Å². The van der Waals surface area contributed by atoms with Crippen LogP contribution in [0.4, 0.5) is 0 Å². The average molecular weight is 1460 g/mol. The number of quaternary nitrogens is 1. The molecule has 0 aromatic rings. The molecule has 9 N–H and O–H groups in total. The second-order valence-corrected chi connectivity index (χ2v) is 34.5. The highest BCUT2D eigenvalue weighted by molar-refractivity contribution is 6.60. The lowest BCUT2D eigenvalue weighted by molar-refractivity contribution is -0.910. The van der Waals surface area contributed by atoms with Gasteiger partial charge in [-0.2, -0.15) is 0 Å². The molecule has 16 nitrogen and oxygen atoms in total. The van der Waals surface area contributed by atoms with Gasteiger partial charge in [-0.25, -0.2) is 0 Å². The molecule has 602 valence electrons. The number of amides is 3. The molecule has 0 unspecified atom stereocenters. The van der Waals surface area contributed by atoms with Crippen LogP contribution in [0.1, 0.15) is 413 Å². The molecule has 0 heterocycles. The first-order chi connectivity index (χ1) is 49.2. The molecular formula is C84H171N4O12Si+. The summed E-state index contributed by atoms with van der Waals surface area (Å²) in [5, 5.41) is 76.3. The Morgan fingerprint density at radius 3 is 0.624 bits per heavy atom. The largest absolute Gasteiger partial charge is 0.501 e. The lowest BCUT2D eigenvalue weighted by atomic mass is 10.0. The van der Waals surface area contributed by atoms with E-state index in [-0.39, 0.29) is 43.0 Å². The highest BCUT2D eigenvalue weighted by Gasteiger charge is 2.49. The molecule has 0 rings (SSSR count). The zero-order chi connectivity index (χ0) is 74.4. The molecule has 0 saturated carbocycles. The monoisotopic (exact) mass is 1460 g/mol. The number of rotatable bonds is 82. The van der Waals surface area contributed by atoms with Crippen LogP contribution in [0.25, 0.3) is 0 Å². The summed E-state index contributed by atoms with van der Waals surface area (Å²) in [6.45, 7) is 8.35. The van der Waals surface area contributed by atoms with Crippen molar-refractivity contribution in [2.45, 2.75) is 436 Å². The average Bonchev–Trinajstić information content (AvgIpc) is 0.811. The van der Waals surface area contributed by atoms with Crippen molar-refractivity contribution in [3.8, 4) is 0 Å². The number of carbonyl (C=O) groups excluding carboxylic acids is 3. The van der Waals surface area contributed by atoms with Gasteiger partial charge < -0.3 is 64.4 Å². The van der Waals surface area contributed by atoms with Gasteiger partial charge in [0.25, 0.3) is 0 Å². The van der Waals surface area contributed by atoms with Crippen LogP contribution in [-0.2, 0) is 27.7 Å². The zero-order valence-corrected chi connectivity index (χ0v) is 68.5. The topological polar surface area (TPSA) is 236 Å². The van der Waals surface area contributed by atoms with Crippen LogP contribution in [0.5, 0.6) is 0 Å². The summed E-state index contributed by atoms with van der Waals surface area (Å²) in [4.78, 5) is 41.8. The van der Waals surface area contributed by atoms with Crippen molar-refractivity contribution < 1.29 is 62.8 Å². The van der Waals surface area contributed by atoms with Crippen molar-refractivity contribution in [3.63, 3.8) is 0 Å². The van der Waals surface area contributed by atoms with Gasteiger partial charge in [0.2, 0.25) is 17.7 Å². The van der Waals surface area contributed by atoms with E-state index >= 15 is 0 Å². The Morgan fingerprint density at radius 1 is 0.267 bits per heavy atom. The van der Waals surface area contributed by atoms with Gasteiger partial charge >= 0.3 is 8.80 Å². The molecule has 101 heavy (non-hydrogen) atoms. The Morgan fingerprint density at radius 2 is 0.436 bits per heavy atom. The van der Waals surface area contributed by atoms with Crippen LogP contribution in [0.15, 0.2) is 0 Å². The molecule has 0 saturated heterocycles. The second-order valence-electron chi connectivity index (χ2n) is 31.8. The summed E-state index contributed by atoms with van der Waals surface area (Å²) in [7, 11) is -2.08. The van der Waals surface area contributed by atoms with E-state index < -0.39 is 84.9 Å². The molecule has 0 aliphatic rings. The van der Waals surface area contributed by atoms with Crippen molar-refractivity contribution >= 4 is 26.5 Å². The van der Waals surface area contributed by atoms with E-state index in [4.69, 9.17) is 13.3 Å². The Hall–Kier alpha value is -1.77. The van der Waals surface area contributed by atoms with Gasteiger partial charge in [0, 0.05) is 31.7 Å². The molecule has 0 aliphatic carbocycles. The van der Waals surface area contributed by atoms with Gasteiger partial charge in [-0.3, -0.25) is 14.4 Å². The minimum absolute atomic E-state index is 0.134. The van der Waals surface area contributed by atoms with Gasteiger partial charge in [0.1, 0.15) is 16.6 Å². The molecular weight excluding hydrogens is 1290 g/mol. The Balaban J connectivity index is 7.15. The molecule has 0 aromatic heterocycles. The Kier molecular flexibility index (Phi) is 68.7. The van der Waals surface area contributed by atoms with Gasteiger partial charge in [0.05, 0.1) is 86.1 Å². The molecule has 0 atom stereocenters. The highest BCUT2D eigenvalue weighted by Crippen LogP contribution is 2.28. The number of hydrogen-bond donors (Lipinski definition) is 9. The Bertz CT molecular complexity index is 1630. The van der Waals surface area contributed by atoms with Crippen molar-refractivity contribution in [2.24, 2.45) is 0 Å². The van der Waals surface area contributed by atoms with Crippen LogP contribution in [0.2, 0.25) is 6.04 Å². The van der Waals surface area contributed by atoms with E-state index in [1.807, 2.05) is 0 Å². The number of hydrogen-bond acceptors (Lipinski definition) is 12. The number of carbonyl (C=O) groups is 3. The maximum absolute atomic E-state index is 13.9. The smallest absolute Gasteiger partial charge is 0.394 e. The standard InChI is InChI=1S/C84H170N4O12Si/c1-7-12-17-22-27-32-35-38-41-44-47-52-57-63-79(95)85-82(70-89,71-90)76-98-101(69-62-68-88(6,66-60-55-50-30-25-20-15-10-4)67-61-56-51-31-26-21-16-11-5,99-77-83(72-91,73-92)86-80(96)64-58-53-48-45-42-39-36-33-28-23-18-13-8-2)100-78-84(74-93,75-94)87-81(97)65-59-54-49-46-43-40-37-34-29-24-19-14-9-3/h89-94H,7-78H2,1-6H3,(H2-,85,86,87,95,96,97)/p+1. The minimum atomic E-state index is -4.41. The fraction of sp³-hybridized carbons (Fsp3) is 0.964. The van der Waals surface area contributed by atoms with Crippen LogP contribution in [0, 0.1) is 0 Å². The summed E-state index contributed by atoms with van der Waals surface area (Å²) < 4.78 is 21.8. The Labute approximate surface area is 624 Å². The predicted octanol–water partition coefficient (Wildman–Crippen LogP) is 19.1. The number of nitrogens with one attached hydrogen (secondary N) is 3. The number of unbranched alkanes of at least 4 members (excludes halogenated alkanes) is 50. The van der Waals surface area contributed by atoms with Gasteiger partial charge in [0.15, 0.2) is 0 Å². The van der Waals surface area contributed by atoms with E-state index in [1.54, 1.807) is 0 Å². The fourth-order valence-corrected chi connectivity index (χ4v) is 16.9. The quantitative estimate of drug-likeness (QED) is 0.0157. The summed E-state index contributed by atoms with van der Waals surface area (Å²) in [6.07, 6.45) is 65.8. The first kappa shape index (κ1) is 99.2. The van der Waals surface area contributed by atoms with Gasteiger partial charge in [-0.1, -0.05) is 343 Å². The maximum atomic E-state index is 13.9. The third-order valence-electron chi connectivity index (χ3n) is 21.5. The van der Waals surface area contributed by atoms with Gasteiger partial charge in [-0.05, 0) is 44.9 Å². The van der Waals surface area contributed by atoms with Crippen molar-refractivity contribution in [3.05, 3.63) is 0 Å². The molecule has 0 fully saturated rings. The number of aliphatic hydroxyl groups excluding tert-OH is 6. The highest BCUT2D eigenvalue weighted by atomic mass is 28.4. The summed E-state index contributed by atoms with van der Waals surface area (Å²) in [6, 6.07) is 0.134. The van der Waals surface area contributed by atoms with Crippen molar-refractivity contribution in [1.82, 2.24) is 16.0 Å². The molecule has 17 heteroatoms. The van der Waals surface area contributed by atoms with Crippen LogP contribution in [-0.4, -0.2) is 164 Å². The maximum Gasteiger partial charge on any atom is 0.501 e. The van der Waals surface area contributed by atoms with E-state index in [9.17, 15) is 45.0 Å². The van der Waals surface area contributed by atoms with E-state index in [1.165, 1.54) is 250 Å². The normalized spacial score (nSPS) is 12.5. The van der Waals surface area contributed by atoms with Crippen LogP contribution in [0.3, 0.4) is 0 Å². The molecule has 0 spiro atoms. The first-order valence-corrected chi connectivity index (χ1v) is 45.4. The van der Waals surface area contributed by atoms with E-state index in [2.05, 4.69) is 57.6 Å². The zero-order valence-electron chi connectivity index (χ0n) is 67.5. The third kappa shape index (κ3) is 56.2. The van der Waals surface area contributed by atoms with Gasteiger partial charge in [-0.15, -0.1) is 0 Å². The molecule has 0 bridgehead atoms. The molecule has 0 radical (unpaired) electrons. The molecule has 0 aromatic carbocycles. The second kappa shape index (κ2) is 69.9. The summed E-state index contributed by atoms with van der Waals surface area (Å²) >= 11 is 0. The number of aliphatic hydroxyl groups is 6. The van der Waals surface area contributed by atoms with Crippen LogP contribution < -0.4 is 16.0 Å². The lowest BCUT2D eigenvalue weighted by Crippen LogP contribution is -2.65. The fourth-order valence-electron chi connectivity index (χ4n) is 14.1. The summed E-state index contributed by atoms with van der Waals surface area (Å²) in [5.74, 6) is -1.04. The van der Waals surface area contributed by atoms with Crippen molar-refractivity contribution in [2.75, 3.05) is 86.1 Å². The van der Waals surface area contributed by atoms with Crippen molar-refractivity contribution in [1.29, 1.82) is 0 Å². The molecule has 0 aliphatic heterocycles. The lowest BCUT2D eigenvalue weighted by Gasteiger charge is -2.41. The van der Waals surface area contributed by atoms with Crippen LogP contribution >= 0.6 is 0 Å². The number of nitrogens with zero attached hydrogens (tertiary/aromatic N) is 1. The first-order valence-electron chi connectivity index (χ1n) is 43.5. The summed E-state index contributed by atoms with van der Waals surface area (Å²) in [5.41, 5.74) is -5.09. The SMILES string of the molecule is CCCCCCCCCCCCCCCC(=O)NC(CO)(CO)CO[Si](CCC[N+](C)(CCCCCCCCCC)CCCCCCCCCC)(OCC(CO)(CO)NC(=O)CCCCCCCCCCCCCCC)OCC(CO)(CO)NC(=O)CCCCCCCCCCCCCCC.